The first-order valence-corrected chi connectivity index (χ1v) is 7.13. The lowest BCUT2D eigenvalue weighted by Crippen LogP contribution is -2.33. The topological polar surface area (TPSA) is 67.4 Å². The summed E-state index contributed by atoms with van der Waals surface area (Å²) in [7, 11) is 0. The fourth-order valence-electron chi connectivity index (χ4n) is 2.09. The van der Waals surface area contributed by atoms with Gasteiger partial charge in [0.25, 0.3) is 0 Å². The molecule has 21 heavy (non-hydrogen) atoms. The fraction of sp³-hybridized carbons (Fsp3) is 0.333. The van der Waals surface area contributed by atoms with Crippen LogP contribution < -0.4 is 10.6 Å². The number of esters is 1. The summed E-state index contributed by atoms with van der Waals surface area (Å²) >= 11 is 6.10. The van der Waals surface area contributed by atoms with Gasteiger partial charge in [-0.25, -0.2) is 9.59 Å². The first kappa shape index (κ1) is 15.4. The van der Waals surface area contributed by atoms with Crippen molar-refractivity contribution in [1.29, 1.82) is 0 Å². The largest absolute Gasteiger partial charge is 0.459 e. The molecule has 112 valence electrons. The van der Waals surface area contributed by atoms with Crippen LogP contribution in [0.1, 0.15) is 25.8 Å². The molecule has 1 aromatic carbocycles. The highest BCUT2D eigenvalue weighted by Gasteiger charge is 2.19. The van der Waals surface area contributed by atoms with Gasteiger partial charge in [0.05, 0.1) is 0 Å². The summed E-state index contributed by atoms with van der Waals surface area (Å²) in [5.74, 6) is -0.445. The van der Waals surface area contributed by atoms with Crippen molar-refractivity contribution in [2.24, 2.45) is 0 Å². The van der Waals surface area contributed by atoms with Crippen LogP contribution in [0.4, 0.5) is 10.5 Å². The number of cyclic esters (lactones) is 1. The summed E-state index contributed by atoms with van der Waals surface area (Å²) in [6.45, 7) is 3.78. The molecule has 0 spiro atoms. The zero-order chi connectivity index (χ0) is 15.4. The van der Waals surface area contributed by atoms with E-state index < -0.39 is 12.0 Å². The number of halogens is 1. The van der Waals surface area contributed by atoms with Crippen molar-refractivity contribution in [3.05, 3.63) is 40.6 Å². The molecule has 2 amide bonds. The molecule has 0 fully saturated rings. The number of nitrogens with one attached hydrogen (secondary N) is 2. The molecule has 1 atom stereocenters. The lowest BCUT2D eigenvalue weighted by atomic mass is 10.1. The molecule has 1 aliphatic rings. The molecule has 1 unspecified atom stereocenters. The number of carbonyl (C=O) groups excluding carboxylic acids is 2. The van der Waals surface area contributed by atoms with Crippen LogP contribution in [0.15, 0.2) is 30.0 Å². The molecular formula is C15H17ClN2O3. The standard InChI is InChI=1S/C15H17ClN2O3/c1-3-10-4-5-11(7-13(10)16)17-15(20)18-12-6-9(2)21-14(19)8-12/h4-5,7-9H,3,6H2,1-2H3,(H2,17,18,20). The summed E-state index contributed by atoms with van der Waals surface area (Å²) in [5.41, 5.74) is 2.16. The third-order valence-electron chi connectivity index (χ3n) is 3.08. The predicted octanol–water partition coefficient (Wildman–Crippen LogP) is 3.24. The number of carbonyl (C=O) groups is 2. The van der Waals surface area contributed by atoms with Crippen molar-refractivity contribution >= 4 is 29.3 Å². The van der Waals surface area contributed by atoms with Crippen LogP contribution in [0.2, 0.25) is 5.02 Å². The van der Waals surface area contributed by atoms with E-state index in [4.69, 9.17) is 16.3 Å². The normalized spacial score (nSPS) is 17.8. The van der Waals surface area contributed by atoms with E-state index in [1.807, 2.05) is 13.0 Å². The monoisotopic (exact) mass is 308 g/mol. The van der Waals surface area contributed by atoms with E-state index in [1.165, 1.54) is 6.08 Å². The third-order valence-corrected chi connectivity index (χ3v) is 3.43. The smallest absolute Gasteiger partial charge is 0.332 e. The number of urea groups is 1. The zero-order valence-electron chi connectivity index (χ0n) is 11.9. The summed E-state index contributed by atoms with van der Waals surface area (Å²) in [6.07, 6.45) is 2.36. The van der Waals surface area contributed by atoms with Crippen LogP contribution in [0.25, 0.3) is 0 Å². The Morgan fingerprint density at radius 3 is 2.81 bits per heavy atom. The first-order chi connectivity index (χ1) is 9.97. The molecule has 2 N–H and O–H groups in total. The van der Waals surface area contributed by atoms with Gasteiger partial charge in [-0.05, 0) is 31.0 Å². The number of hydrogen-bond donors (Lipinski definition) is 2. The van der Waals surface area contributed by atoms with E-state index in [-0.39, 0.29) is 6.10 Å². The Hall–Kier alpha value is -2.01. The van der Waals surface area contributed by atoms with Crippen LogP contribution in [-0.4, -0.2) is 18.1 Å². The third kappa shape index (κ3) is 4.23. The van der Waals surface area contributed by atoms with Crippen molar-refractivity contribution < 1.29 is 14.3 Å². The maximum absolute atomic E-state index is 11.9. The van der Waals surface area contributed by atoms with E-state index >= 15 is 0 Å². The molecule has 0 bridgehead atoms. The van der Waals surface area contributed by atoms with Gasteiger partial charge in [0.2, 0.25) is 0 Å². The number of hydrogen-bond acceptors (Lipinski definition) is 3. The van der Waals surface area contributed by atoms with Gasteiger partial charge in [-0.2, -0.15) is 0 Å². The molecule has 0 aromatic heterocycles. The molecule has 0 aliphatic carbocycles. The van der Waals surface area contributed by atoms with E-state index in [2.05, 4.69) is 10.6 Å². The van der Waals surface area contributed by atoms with Crippen molar-refractivity contribution in [2.45, 2.75) is 32.8 Å². The Bertz CT molecular complexity index is 599. The molecule has 1 aliphatic heterocycles. The van der Waals surface area contributed by atoms with Crippen molar-refractivity contribution in [3.63, 3.8) is 0 Å². The summed E-state index contributed by atoms with van der Waals surface area (Å²) in [6, 6.07) is 4.95. The van der Waals surface area contributed by atoms with Gasteiger partial charge in [-0.3, -0.25) is 0 Å². The lowest BCUT2D eigenvalue weighted by Gasteiger charge is -2.20. The lowest BCUT2D eigenvalue weighted by molar-refractivity contribution is -0.143. The second-order valence-corrected chi connectivity index (χ2v) is 5.27. The van der Waals surface area contributed by atoms with Gasteiger partial charge < -0.3 is 15.4 Å². The number of ether oxygens (including phenoxy) is 1. The predicted molar refractivity (Wildman–Crippen MR) is 81.2 cm³/mol. The van der Waals surface area contributed by atoms with Gasteiger partial charge in [0, 0.05) is 28.9 Å². The van der Waals surface area contributed by atoms with Crippen molar-refractivity contribution in [1.82, 2.24) is 5.32 Å². The second kappa shape index (κ2) is 6.63. The first-order valence-electron chi connectivity index (χ1n) is 6.75. The maximum atomic E-state index is 11.9. The molecule has 0 saturated carbocycles. The van der Waals surface area contributed by atoms with E-state index in [0.717, 1.165) is 12.0 Å². The van der Waals surface area contributed by atoms with Gasteiger partial charge in [0.15, 0.2) is 0 Å². The van der Waals surface area contributed by atoms with Crippen molar-refractivity contribution in [2.75, 3.05) is 5.32 Å². The minimum Gasteiger partial charge on any atom is -0.459 e. The Balaban J connectivity index is 1.99. The van der Waals surface area contributed by atoms with Crippen LogP contribution in [0.3, 0.4) is 0 Å². The van der Waals surface area contributed by atoms with E-state index in [0.29, 0.717) is 22.8 Å². The second-order valence-electron chi connectivity index (χ2n) is 4.86. The summed E-state index contributed by atoms with van der Waals surface area (Å²) < 4.78 is 4.95. The molecule has 6 heteroatoms. The minimum absolute atomic E-state index is 0.240. The molecule has 0 saturated heterocycles. The number of anilines is 1. The van der Waals surface area contributed by atoms with Crippen LogP contribution in [-0.2, 0) is 16.0 Å². The highest BCUT2D eigenvalue weighted by atomic mass is 35.5. The Labute approximate surface area is 128 Å². The Morgan fingerprint density at radius 2 is 2.19 bits per heavy atom. The van der Waals surface area contributed by atoms with Crippen LogP contribution in [0.5, 0.6) is 0 Å². The molecular weight excluding hydrogens is 292 g/mol. The average Bonchev–Trinajstić information content (AvgIpc) is 2.37. The Morgan fingerprint density at radius 1 is 1.43 bits per heavy atom. The molecule has 5 nitrogen and oxygen atoms in total. The highest BCUT2D eigenvalue weighted by molar-refractivity contribution is 6.31. The van der Waals surface area contributed by atoms with E-state index in [1.54, 1.807) is 19.1 Å². The van der Waals surface area contributed by atoms with Crippen molar-refractivity contribution in [3.8, 4) is 0 Å². The molecule has 1 aromatic rings. The average molecular weight is 309 g/mol. The number of benzene rings is 1. The number of aryl methyl sites for hydroxylation is 1. The van der Waals surface area contributed by atoms with Gasteiger partial charge in [-0.15, -0.1) is 0 Å². The minimum atomic E-state index is -0.445. The number of amides is 2. The number of rotatable bonds is 3. The van der Waals surface area contributed by atoms with E-state index in [9.17, 15) is 9.59 Å². The quantitative estimate of drug-likeness (QED) is 0.842. The summed E-state index contributed by atoms with van der Waals surface area (Å²) in [4.78, 5) is 23.2. The Kier molecular flexibility index (Phi) is 4.85. The summed E-state index contributed by atoms with van der Waals surface area (Å²) in [5, 5.41) is 5.94. The molecule has 1 heterocycles. The maximum Gasteiger partial charge on any atom is 0.332 e. The zero-order valence-corrected chi connectivity index (χ0v) is 12.7. The van der Waals surface area contributed by atoms with Crippen LogP contribution in [0, 0.1) is 0 Å². The fourth-order valence-corrected chi connectivity index (χ4v) is 2.41. The SMILES string of the molecule is CCc1ccc(NC(=O)NC2=CC(=O)OC(C)C2)cc1Cl. The van der Waals surface area contributed by atoms with Crippen LogP contribution >= 0.6 is 11.6 Å². The highest BCUT2D eigenvalue weighted by Crippen LogP contribution is 2.21. The molecule has 0 radical (unpaired) electrons. The van der Waals surface area contributed by atoms with Gasteiger partial charge >= 0.3 is 12.0 Å². The van der Waals surface area contributed by atoms with Gasteiger partial charge in [0.1, 0.15) is 6.10 Å². The molecule has 2 rings (SSSR count). The van der Waals surface area contributed by atoms with Gasteiger partial charge in [-0.1, -0.05) is 24.6 Å².